The fourth-order valence-corrected chi connectivity index (χ4v) is 2.33. The number of nitrogens with zero attached hydrogens (tertiary/aromatic N) is 3. The highest BCUT2D eigenvalue weighted by atomic mass is 16.4. The molecule has 0 unspecified atom stereocenters. The van der Waals surface area contributed by atoms with Gasteiger partial charge in [0.2, 0.25) is 5.96 Å². The maximum Gasteiger partial charge on any atom is 0.335 e. The zero-order valence-corrected chi connectivity index (χ0v) is 11.0. The van der Waals surface area contributed by atoms with Gasteiger partial charge < -0.3 is 16.6 Å². The lowest BCUT2D eigenvalue weighted by molar-refractivity contribution is 0.0696. The average molecular weight is 275 g/mol. The van der Waals surface area contributed by atoms with Gasteiger partial charge in [0.1, 0.15) is 0 Å². The first-order chi connectivity index (χ1) is 9.58. The van der Waals surface area contributed by atoms with Gasteiger partial charge in [0, 0.05) is 23.5 Å². The van der Waals surface area contributed by atoms with Crippen molar-refractivity contribution in [2.75, 3.05) is 0 Å². The van der Waals surface area contributed by atoms with Gasteiger partial charge in [-0.15, -0.1) is 5.10 Å². The van der Waals surface area contributed by atoms with E-state index in [-0.39, 0.29) is 17.4 Å². The van der Waals surface area contributed by atoms with Crippen molar-refractivity contribution in [3.63, 3.8) is 0 Å². The third-order valence-corrected chi connectivity index (χ3v) is 3.26. The summed E-state index contributed by atoms with van der Waals surface area (Å²) in [5.41, 5.74) is 12.3. The van der Waals surface area contributed by atoms with E-state index in [0.717, 1.165) is 31.4 Å². The van der Waals surface area contributed by atoms with Gasteiger partial charge >= 0.3 is 5.97 Å². The Morgan fingerprint density at radius 2 is 2.20 bits per heavy atom. The van der Waals surface area contributed by atoms with Crippen LogP contribution in [-0.4, -0.2) is 27.7 Å². The highest BCUT2D eigenvalue weighted by Crippen LogP contribution is 2.30. The van der Waals surface area contributed by atoms with Crippen molar-refractivity contribution in [2.24, 2.45) is 21.7 Å². The molecule has 20 heavy (non-hydrogen) atoms. The van der Waals surface area contributed by atoms with E-state index in [1.807, 2.05) is 0 Å². The minimum absolute atomic E-state index is 0.0221. The molecule has 1 aliphatic carbocycles. The van der Waals surface area contributed by atoms with Crippen molar-refractivity contribution in [2.45, 2.75) is 31.6 Å². The minimum atomic E-state index is -0.966. The van der Waals surface area contributed by atoms with Crippen molar-refractivity contribution >= 4 is 17.6 Å². The molecule has 1 aliphatic rings. The number of hydrogen-bond acceptors (Lipinski definition) is 4. The number of guanidine groups is 1. The third-order valence-electron chi connectivity index (χ3n) is 3.26. The molecule has 0 aromatic carbocycles. The third kappa shape index (κ3) is 3.31. The Labute approximate surface area is 116 Å². The second-order valence-electron chi connectivity index (χ2n) is 4.69. The van der Waals surface area contributed by atoms with Crippen molar-refractivity contribution in [1.82, 2.24) is 4.98 Å². The van der Waals surface area contributed by atoms with Crippen LogP contribution in [0.5, 0.6) is 0 Å². The van der Waals surface area contributed by atoms with Crippen LogP contribution in [0.15, 0.2) is 28.5 Å². The van der Waals surface area contributed by atoms with Gasteiger partial charge in [-0.3, -0.25) is 4.98 Å². The number of carboxylic acids is 1. The first kappa shape index (κ1) is 14.0. The van der Waals surface area contributed by atoms with E-state index in [2.05, 4.69) is 15.2 Å². The number of carbonyl (C=O) groups is 1. The molecule has 7 heteroatoms. The molecule has 0 saturated heterocycles. The van der Waals surface area contributed by atoms with Crippen molar-refractivity contribution < 1.29 is 9.90 Å². The Balaban J connectivity index is 2.32. The fourth-order valence-electron chi connectivity index (χ4n) is 2.33. The second-order valence-corrected chi connectivity index (χ2v) is 4.69. The van der Waals surface area contributed by atoms with Gasteiger partial charge in [0.05, 0.1) is 5.56 Å². The molecular weight excluding hydrogens is 258 g/mol. The number of aromatic carboxylic acids is 1. The van der Waals surface area contributed by atoms with E-state index < -0.39 is 5.97 Å². The molecular formula is C13H17N5O2. The molecule has 0 radical (unpaired) electrons. The first-order valence-corrected chi connectivity index (χ1v) is 6.42. The van der Waals surface area contributed by atoms with Crippen LogP contribution in [0.1, 0.15) is 47.7 Å². The van der Waals surface area contributed by atoms with E-state index in [1.54, 1.807) is 6.07 Å². The summed E-state index contributed by atoms with van der Waals surface area (Å²) < 4.78 is 0. The molecule has 0 spiro atoms. The Kier molecular flexibility index (Phi) is 4.29. The van der Waals surface area contributed by atoms with Crippen molar-refractivity contribution in [3.05, 3.63) is 29.6 Å². The number of hydrogen-bond donors (Lipinski definition) is 3. The van der Waals surface area contributed by atoms with Crippen LogP contribution in [0.2, 0.25) is 0 Å². The predicted molar refractivity (Wildman–Crippen MR) is 75.7 cm³/mol. The molecule has 2 rings (SSSR count). The standard InChI is InChI=1S/C13H17N5O2/c14-13(15)18-17-10-4-2-1-3-9(10)11-7-8(12(19)20)5-6-16-11/h5-7,9H,1-4H2,(H,19,20)(H4,14,15,18)/b17-10-/t9-/m0/s1. The first-order valence-electron chi connectivity index (χ1n) is 6.42. The van der Waals surface area contributed by atoms with E-state index in [0.29, 0.717) is 5.69 Å². The lowest BCUT2D eigenvalue weighted by Gasteiger charge is -2.23. The van der Waals surface area contributed by atoms with Gasteiger partial charge in [-0.25, -0.2) is 4.79 Å². The molecule has 0 amide bonds. The summed E-state index contributed by atoms with van der Waals surface area (Å²) in [5.74, 6) is -1.08. The topological polar surface area (TPSA) is 127 Å². The lowest BCUT2D eigenvalue weighted by Crippen LogP contribution is -2.23. The molecule has 0 bridgehead atoms. The van der Waals surface area contributed by atoms with Gasteiger partial charge in [-0.05, 0) is 31.4 Å². The van der Waals surface area contributed by atoms with E-state index in [4.69, 9.17) is 16.6 Å². The number of carboxylic acid groups (broad SMARTS) is 1. The average Bonchev–Trinajstić information content (AvgIpc) is 2.45. The van der Waals surface area contributed by atoms with Gasteiger partial charge in [0.25, 0.3) is 0 Å². The van der Waals surface area contributed by atoms with Crippen molar-refractivity contribution in [1.29, 1.82) is 0 Å². The molecule has 1 aromatic heterocycles. The van der Waals surface area contributed by atoms with Crippen molar-refractivity contribution in [3.8, 4) is 0 Å². The maximum atomic E-state index is 11.0. The quantitative estimate of drug-likeness (QED) is 0.432. The Morgan fingerprint density at radius 3 is 2.90 bits per heavy atom. The largest absolute Gasteiger partial charge is 0.478 e. The van der Waals surface area contributed by atoms with E-state index in [9.17, 15) is 4.79 Å². The summed E-state index contributed by atoms with van der Waals surface area (Å²) >= 11 is 0. The Morgan fingerprint density at radius 1 is 1.40 bits per heavy atom. The molecule has 1 aromatic rings. The fraction of sp³-hybridized carbons (Fsp3) is 0.385. The van der Waals surface area contributed by atoms with Crippen LogP contribution < -0.4 is 11.5 Å². The highest BCUT2D eigenvalue weighted by Gasteiger charge is 2.24. The van der Waals surface area contributed by atoms with Crippen LogP contribution in [0, 0.1) is 0 Å². The summed E-state index contributed by atoms with van der Waals surface area (Å²) in [6, 6.07) is 3.06. The summed E-state index contributed by atoms with van der Waals surface area (Å²) in [4.78, 5) is 15.3. The SMILES string of the molecule is NC(N)=N/N=C1/CCCC[C@@H]1c1cc(C(=O)O)ccn1. The molecule has 1 saturated carbocycles. The Bertz CT molecular complexity index is 564. The molecule has 1 heterocycles. The van der Waals surface area contributed by atoms with Crippen LogP contribution in [0.4, 0.5) is 0 Å². The second kappa shape index (κ2) is 6.14. The Hall–Kier alpha value is -2.44. The monoisotopic (exact) mass is 275 g/mol. The number of rotatable bonds is 3. The molecule has 106 valence electrons. The zero-order valence-electron chi connectivity index (χ0n) is 11.0. The number of pyridine rings is 1. The predicted octanol–water partition coefficient (Wildman–Crippen LogP) is 1.07. The number of aromatic nitrogens is 1. The summed E-state index contributed by atoms with van der Waals surface area (Å²) in [6.07, 6.45) is 5.24. The van der Waals surface area contributed by atoms with Crippen LogP contribution in [0.25, 0.3) is 0 Å². The highest BCUT2D eigenvalue weighted by molar-refractivity contribution is 5.93. The zero-order chi connectivity index (χ0) is 14.5. The van der Waals surface area contributed by atoms with E-state index in [1.165, 1.54) is 12.3 Å². The molecule has 1 atom stereocenters. The van der Waals surface area contributed by atoms with E-state index >= 15 is 0 Å². The summed E-state index contributed by atoms with van der Waals surface area (Å²) in [5, 5.41) is 16.8. The maximum absolute atomic E-state index is 11.0. The molecule has 7 nitrogen and oxygen atoms in total. The summed E-state index contributed by atoms with van der Waals surface area (Å²) in [7, 11) is 0. The van der Waals surface area contributed by atoms with Gasteiger partial charge in [-0.1, -0.05) is 6.42 Å². The molecule has 1 fully saturated rings. The van der Waals surface area contributed by atoms with Gasteiger partial charge in [0.15, 0.2) is 0 Å². The van der Waals surface area contributed by atoms with Gasteiger partial charge in [-0.2, -0.15) is 5.10 Å². The number of nitrogens with two attached hydrogens (primary N) is 2. The normalized spacial score (nSPS) is 20.6. The van der Waals surface area contributed by atoms with Crippen LogP contribution in [0.3, 0.4) is 0 Å². The lowest BCUT2D eigenvalue weighted by atomic mass is 9.84. The smallest absolute Gasteiger partial charge is 0.335 e. The van der Waals surface area contributed by atoms with Crippen LogP contribution in [-0.2, 0) is 0 Å². The van der Waals surface area contributed by atoms with Crippen LogP contribution >= 0.6 is 0 Å². The minimum Gasteiger partial charge on any atom is -0.478 e. The summed E-state index contributed by atoms with van der Waals surface area (Å²) in [6.45, 7) is 0. The molecule has 0 aliphatic heterocycles. The molecule has 5 N–H and O–H groups in total.